The van der Waals surface area contributed by atoms with Crippen LogP contribution in [0.2, 0.25) is 0 Å². The highest BCUT2D eigenvalue weighted by Crippen LogP contribution is 2.08. The molecule has 0 N–H and O–H groups in total. The van der Waals surface area contributed by atoms with Crippen molar-refractivity contribution in [2.75, 3.05) is 12.4 Å². The van der Waals surface area contributed by atoms with E-state index in [1.165, 1.54) is 12.7 Å². The van der Waals surface area contributed by atoms with Crippen LogP contribution in [0.25, 0.3) is 0 Å². The molecule has 1 rings (SSSR count). The predicted molar refractivity (Wildman–Crippen MR) is 57.6 cm³/mol. The van der Waals surface area contributed by atoms with E-state index in [0.717, 1.165) is 18.6 Å². The summed E-state index contributed by atoms with van der Waals surface area (Å²) < 4.78 is 5.34. The summed E-state index contributed by atoms with van der Waals surface area (Å²) in [5.74, 6) is 1.56. The molecule has 0 saturated heterocycles. The number of nitrogens with zero attached hydrogens (tertiary/aromatic N) is 3. The molecule has 0 spiro atoms. The molecule has 0 radical (unpaired) electrons. The highest BCUT2D eigenvalue weighted by molar-refractivity contribution is 7.80. The average molecular weight is 213 g/mol. The Morgan fingerprint density at radius 2 is 2.07 bits per heavy atom. The first kappa shape index (κ1) is 11.2. The van der Waals surface area contributed by atoms with E-state index in [1.807, 2.05) is 0 Å². The van der Waals surface area contributed by atoms with E-state index in [0.29, 0.717) is 18.5 Å². The maximum atomic E-state index is 5.34. The Morgan fingerprint density at radius 1 is 1.36 bits per heavy atom. The second-order valence-corrected chi connectivity index (χ2v) is 3.62. The van der Waals surface area contributed by atoms with Gasteiger partial charge in [-0.15, -0.1) is 0 Å². The third kappa shape index (κ3) is 4.41. The summed E-state index contributed by atoms with van der Waals surface area (Å²) in [6.45, 7) is 2.84. The fourth-order valence-corrected chi connectivity index (χ4v) is 1.46. The van der Waals surface area contributed by atoms with Crippen molar-refractivity contribution < 1.29 is 4.74 Å². The van der Waals surface area contributed by atoms with E-state index >= 15 is 0 Å². The normalized spacial score (nSPS) is 12.4. The Bertz CT molecular complexity index is 245. The van der Waals surface area contributed by atoms with Crippen molar-refractivity contribution in [3.05, 3.63) is 12.7 Å². The van der Waals surface area contributed by atoms with Crippen molar-refractivity contribution in [3.63, 3.8) is 0 Å². The van der Waals surface area contributed by atoms with E-state index < -0.39 is 0 Å². The van der Waals surface area contributed by atoms with Crippen molar-refractivity contribution in [2.24, 2.45) is 5.92 Å². The van der Waals surface area contributed by atoms with Gasteiger partial charge in [0.1, 0.15) is 12.7 Å². The van der Waals surface area contributed by atoms with Crippen molar-refractivity contribution in [2.45, 2.75) is 19.8 Å². The van der Waals surface area contributed by atoms with E-state index in [-0.39, 0.29) is 0 Å². The lowest BCUT2D eigenvalue weighted by Gasteiger charge is -2.09. The van der Waals surface area contributed by atoms with Gasteiger partial charge in [-0.3, -0.25) is 0 Å². The number of rotatable bonds is 6. The van der Waals surface area contributed by atoms with Crippen LogP contribution in [-0.4, -0.2) is 27.3 Å². The summed E-state index contributed by atoms with van der Waals surface area (Å²) in [4.78, 5) is 11.4. The van der Waals surface area contributed by atoms with Gasteiger partial charge < -0.3 is 4.74 Å². The molecule has 5 heteroatoms. The van der Waals surface area contributed by atoms with Crippen molar-refractivity contribution >= 4 is 12.6 Å². The summed E-state index contributed by atoms with van der Waals surface area (Å²) in [6.07, 6.45) is 4.98. The van der Waals surface area contributed by atoms with Crippen LogP contribution in [0.5, 0.6) is 6.01 Å². The molecule has 0 amide bonds. The minimum absolute atomic E-state index is 0.401. The molecule has 1 aromatic heterocycles. The first-order valence-corrected chi connectivity index (χ1v) is 5.32. The highest BCUT2D eigenvalue weighted by Gasteiger charge is 2.01. The number of hydrogen-bond acceptors (Lipinski definition) is 5. The largest absolute Gasteiger partial charge is 0.463 e. The van der Waals surface area contributed by atoms with Crippen molar-refractivity contribution in [3.8, 4) is 6.01 Å². The molecular weight excluding hydrogens is 198 g/mol. The van der Waals surface area contributed by atoms with Gasteiger partial charge in [-0.05, 0) is 24.5 Å². The van der Waals surface area contributed by atoms with Gasteiger partial charge in [-0.2, -0.15) is 22.6 Å². The van der Waals surface area contributed by atoms with Gasteiger partial charge in [0.2, 0.25) is 0 Å². The summed E-state index contributed by atoms with van der Waals surface area (Å²) >= 11 is 4.18. The Hall–Kier alpha value is -0.840. The Balaban J connectivity index is 2.16. The average Bonchev–Trinajstić information content (AvgIpc) is 2.20. The first-order valence-electron chi connectivity index (χ1n) is 4.68. The first-order chi connectivity index (χ1) is 6.83. The van der Waals surface area contributed by atoms with Gasteiger partial charge in [0.25, 0.3) is 0 Å². The second kappa shape index (κ2) is 6.59. The lowest BCUT2D eigenvalue weighted by Crippen LogP contribution is -2.06. The highest BCUT2D eigenvalue weighted by atomic mass is 32.1. The predicted octanol–water partition coefficient (Wildman–Crippen LogP) is 1.60. The molecule has 0 saturated carbocycles. The molecule has 0 fully saturated rings. The van der Waals surface area contributed by atoms with Crippen LogP contribution in [0.1, 0.15) is 19.8 Å². The van der Waals surface area contributed by atoms with Crippen LogP contribution in [0.15, 0.2) is 12.7 Å². The van der Waals surface area contributed by atoms with Crippen molar-refractivity contribution in [1.82, 2.24) is 15.0 Å². The van der Waals surface area contributed by atoms with Gasteiger partial charge >= 0.3 is 6.01 Å². The third-order valence-corrected chi connectivity index (χ3v) is 2.19. The zero-order valence-electron chi connectivity index (χ0n) is 8.26. The van der Waals surface area contributed by atoms with E-state index in [2.05, 4.69) is 34.5 Å². The lowest BCUT2D eigenvalue weighted by atomic mass is 10.1. The number of aromatic nitrogens is 3. The van der Waals surface area contributed by atoms with E-state index in [9.17, 15) is 0 Å². The summed E-state index contributed by atoms with van der Waals surface area (Å²) in [5, 5.41) is 0. The summed E-state index contributed by atoms with van der Waals surface area (Å²) in [6, 6.07) is 0.401. The molecule has 78 valence electrons. The monoisotopic (exact) mass is 213 g/mol. The molecule has 4 nitrogen and oxygen atoms in total. The molecule has 0 aliphatic rings. The zero-order valence-corrected chi connectivity index (χ0v) is 9.15. The van der Waals surface area contributed by atoms with Crippen LogP contribution in [-0.2, 0) is 0 Å². The van der Waals surface area contributed by atoms with Gasteiger partial charge in [0, 0.05) is 0 Å². The van der Waals surface area contributed by atoms with Gasteiger partial charge in [-0.25, -0.2) is 4.98 Å². The summed E-state index contributed by atoms with van der Waals surface area (Å²) in [5.41, 5.74) is 0. The Kier molecular flexibility index (Phi) is 5.29. The van der Waals surface area contributed by atoms with Gasteiger partial charge in [0.15, 0.2) is 0 Å². The molecule has 1 heterocycles. The molecule has 1 aromatic rings. The molecule has 0 aliphatic carbocycles. The van der Waals surface area contributed by atoms with Crippen LogP contribution >= 0.6 is 12.6 Å². The maximum Gasteiger partial charge on any atom is 0.319 e. The molecule has 0 aliphatic heterocycles. The van der Waals surface area contributed by atoms with Crippen LogP contribution in [0.3, 0.4) is 0 Å². The van der Waals surface area contributed by atoms with Gasteiger partial charge in [-0.1, -0.05) is 6.92 Å². The van der Waals surface area contributed by atoms with Gasteiger partial charge in [0.05, 0.1) is 6.61 Å². The SMILES string of the molecule is CC(CCS)CCOc1ncncn1. The van der Waals surface area contributed by atoms with Crippen LogP contribution in [0, 0.1) is 5.92 Å². The van der Waals surface area contributed by atoms with E-state index in [1.54, 1.807) is 0 Å². The topological polar surface area (TPSA) is 47.9 Å². The molecular formula is C9H15N3OS. The standard InChI is InChI=1S/C9H15N3OS/c1-8(3-5-14)2-4-13-9-11-6-10-7-12-9/h6-8,14H,2-5H2,1H3. The lowest BCUT2D eigenvalue weighted by molar-refractivity contribution is 0.261. The van der Waals surface area contributed by atoms with E-state index in [4.69, 9.17) is 4.74 Å². The minimum atomic E-state index is 0.401. The quantitative estimate of drug-likeness (QED) is 0.729. The summed E-state index contributed by atoms with van der Waals surface area (Å²) in [7, 11) is 0. The van der Waals surface area contributed by atoms with Crippen molar-refractivity contribution in [1.29, 1.82) is 0 Å². The fraction of sp³-hybridized carbons (Fsp3) is 0.667. The number of hydrogen-bond donors (Lipinski definition) is 1. The zero-order chi connectivity index (χ0) is 10.2. The maximum absolute atomic E-state index is 5.34. The second-order valence-electron chi connectivity index (χ2n) is 3.18. The minimum Gasteiger partial charge on any atom is -0.463 e. The molecule has 14 heavy (non-hydrogen) atoms. The molecule has 0 bridgehead atoms. The van der Waals surface area contributed by atoms with Crippen LogP contribution < -0.4 is 4.74 Å². The number of ether oxygens (including phenoxy) is 1. The third-order valence-electron chi connectivity index (χ3n) is 1.93. The fourth-order valence-electron chi connectivity index (χ4n) is 1.02. The Morgan fingerprint density at radius 3 is 2.71 bits per heavy atom. The Labute approximate surface area is 89.5 Å². The molecule has 1 unspecified atom stereocenters. The molecule has 0 aromatic carbocycles. The smallest absolute Gasteiger partial charge is 0.319 e. The van der Waals surface area contributed by atoms with Crippen LogP contribution in [0.4, 0.5) is 0 Å². The number of thiol groups is 1. The molecule has 1 atom stereocenters.